The van der Waals surface area contributed by atoms with E-state index in [0.29, 0.717) is 41.3 Å². The molecule has 2 aromatic heterocycles. The van der Waals surface area contributed by atoms with Gasteiger partial charge in [-0.3, -0.25) is 18.6 Å². The topological polar surface area (TPSA) is 168 Å². The molecule has 42 heavy (non-hydrogen) atoms. The van der Waals surface area contributed by atoms with Crippen LogP contribution in [0.4, 0.5) is 4.39 Å². The zero-order chi connectivity index (χ0) is 30.0. The lowest BCUT2D eigenvalue weighted by Gasteiger charge is -2.26. The Morgan fingerprint density at radius 2 is 2.10 bits per heavy atom. The van der Waals surface area contributed by atoms with Gasteiger partial charge in [0.1, 0.15) is 12.4 Å². The SMILES string of the molecule is CS(=N)(=O)CCn1c(C(=O)N2CC=C(c3cnc(OCc4ccc(C#N)cc4F)s3)CC2)nc2ccc(C(N)=O)cc21. The molecule has 0 saturated carbocycles. The summed E-state index contributed by atoms with van der Waals surface area (Å²) in [7, 11) is -2.84. The molecule has 0 bridgehead atoms. The summed E-state index contributed by atoms with van der Waals surface area (Å²) in [5.74, 6) is -1.32. The highest BCUT2D eigenvalue weighted by atomic mass is 32.2. The predicted octanol–water partition coefficient (Wildman–Crippen LogP) is 3.79. The number of aromatic nitrogens is 3. The van der Waals surface area contributed by atoms with E-state index in [0.717, 1.165) is 16.5 Å². The van der Waals surface area contributed by atoms with Crippen molar-refractivity contribution >= 4 is 49.5 Å². The predicted molar refractivity (Wildman–Crippen MR) is 156 cm³/mol. The van der Waals surface area contributed by atoms with Gasteiger partial charge in [-0.2, -0.15) is 5.26 Å². The van der Waals surface area contributed by atoms with Gasteiger partial charge in [-0.15, -0.1) is 0 Å². The fourth-order valence-corrected chi connectivity index (χ4v) is 5.86. The maximum absolute atomic E-state index is 14.2. The van der Waals surface area contributed by atoms with E-state index in [4.69, 9.17) is 20.5 Å². The fraction of sp³-hybridized carbons (Fsp3) is 0.250. The second-order valence-electron chi connectivity index (χ2n) is 9.79. The lowest BCUT2D eigenvalue weighted by atomic mass is 10.1. The van der Waals surface area contributed by atoms with Gasteiger partial charge in [0, 0.05) is 58.7 Å². The van der Waals surface area contributed by atoms with Crippen LogP contribution < -0.4 is 10.5 Å². The minimum Gasteiger partial charge on any atom is -0.465 e. The standard InChI is InChI=1S/C28H26FN7O4S2/c1-42(32,39)11-10-36-23-13-19(25(31)37)4-5-22(23)34-26(36)27(38)35-8-6-18(7-9-35)24-15-33-28(41-24)40-16-20-3-2-17(14-30)12-21(20)29/h2-6,12-13,15,32H,7-11,16H2,1H3,(H2,31,37). The van der Waals surface area contributed by atoms with Crippen molar-refractivity contribution in [3.63, 3.8) is 0 Å². The first-order valence-corrected chi connectivity index (χ1v) is 15.7. The number of nitriles is 1. The number of hydrogen-bond acceptors (Lipinski definition) is 9. The van der Waals surface area contributed by atoms with Gasteiger partial charge >= 0.3 is 0 Å². The van der Waals surface area contributed by atoms with Crippen molar-refractivity contribution in [1.82, 2.24) is 19.4 Å². The lowest BCUT2D eigenvalue weighted by molar-refractivity contribution is 0.0756. The van der Waals surface area contributed by atoms with E-state index in [2.05, 4.69) is 9.97 Å². The molecule has 1 aliphatic rings. The Balaban J connectivity index is 1.30. The number of halogens is 1. The molecule has 3 N–H and O–H groups in total. The Hall–Kier alpha value is -4.61. The quantitative estimate of drug-likeness (QED) is 0.292. The molecule has 1 atom stereocenters. The number of ether oxygens (including phenoxy) is 1. The van der Waals surface area contributed by atoms with E-state index >= 15 is 0 Å². The van der Waals surface area contributed by atoms with E-state index in [1.165, 1.54) is 35.8 Å². The summed E-state index contributed by atoms with van der Waals surface area (Å²) in [6.45, 7) is 0.815. The van der Waals surface area contributed by atoms with Crippen molar-refractivity contribution in [2.24, 2.45) is 5.73 Å². The number of carbonyl (C=O) groups excluding carboxylic acids is 2. The van der Waals surface area contributed by atoms with Crippen LogP contribution in [0.1, 0.15) is 43.4 Å². The Bertz CT molecular complexity index is 1890. The number of thiazole rings is 1. The summed E-state index contributed by atoms with van der Waals surface area (Å²) in [5, 5.41) is 9.27. The number of benzene rings is 2. The maximum atomic E-state index is 14.2. The van der Waals surface area contributed by atoms with E-state index < -0.39 is 21.5 Å². The molecule has 4 aromatic rings. The summed E-state index contributed by atoms with van der Waals surface area (Å²) in [6.07, 6.45) is 5.50. The van der Waals surface area contributed by atoms with Gasteiger partial charge in [0.2, 0.25) is 5.91 Å². The average Bonchev–Trinajstić information content (AvgIpc) is 3.59. The molecular formula is C28H26FN7O4S2. The van der Waals surface area contributed by atoms with Crippen LogP contribution in [0, 0.1) is 21.9 Å². The highest BCUT2D eigenvalue weighted by molar-refractivity contribution is 7.91. The number of fused-ring (bicyclic) bond motifs is 1. The first kappa shape index (κ1) is 28.9. The number of aryl methyl sites for hydroxylation is 1. The molecule has 2 aromatic carbocycles. The number of carbonyl (C=O) groups is 2. The fourth-order valence-electron chi connectivity index (χ4n) is 4.50. The first-order valence-electron chi connectivity index (χ1n) is 12.8. The highest BCUT2D eigenvalue weighted by Crippen LogP contribution is 2.32. The molecule has 0 saturated heterocycles. The molecule has 0 fully saturated rings. The molecule has 1 unspecified atom stereocenters. The van der Waals surface area contributed by atoms with Gasteiger partial charge in [0.05, 0.1) is 27.5 Å². The molecule has 0 spiro atoms. The number of hydrogen-bond donors (Lipinski definition) is 2. The van der Waals surface area contributed by atoms with Crippen LogP contribution >= 0.6 is 11.3 Å². The molecule has 216 valence electrons. The largest absolute Gasteiger partial charge is 0.465 e. The monoisotopic (exact) mass is 607 g/mol. The zero-order valence-electron chi connectivity index (χ0n) is 22.5. The Kier molecular flexibility index (Phi) is 8.06. The molecule has 5 rings (SSSR count). The van der Waals surface area contributed by atoms with Gasteiger partial charge in [0.25, 0.3) is 11.1 Å². The van der Waals surface area contributed by atoms with E-state index in [1.54, 1.807) is 27.8 Å². The third kappa shape index (κ3) is 6.32. The molecular weight excluding hydrogens is 581 g/mol. The van der Waals surface area contributed by atoms with Gasteiger partial charge in [-0.05, 0) is 42.3 Å². The smallest absolute Gasteiger partial charge is 0.290 e. The van der Waals surface area contributed by atoms with Crippen molar-refractivity contribution in [2.75, 3.05) is 25.1 Å². The van der Waals surface area contributed by atoms with Crippen molar-refractivity contribution in [3.8, 4) is 11.3 Å². The minimum absolute atomic E-state index is 0.0111. The molecule has 11 nitrogen and oxygen atoms in total. The van der Waals surface area contributed by atoms with E-state index in [9.17, 15) is 18.2 Å². The van der Waals surface area contributed by atoms with Gasteiger partial charge in [-0.25, -0.2) is 14.4 Å². The molecule has 1 aliphatic heterocycles. The Morgan fingerprint density at radius 3 is 2.76 bits per heavy atom. The van der Waals surface area contributed by atoms with Crippen LogP contribution in [0.3, 0.4) is 0 Å². The highest BCUT2D eigenvalue weighted by Gasteiger charge is 2.26. The van der Waals surface area contributed by atoms with E-state index in [-0.39, 0.29) is 41.8 Å². The van der Waals surface area contributed by atoms with Gasteiger partial charge < -0.3 is 19.9 Å². The third-order valence-corrected chi connectivity index (χ3v) is 8.71. The van der Waals surface area contributed by atoms with E-state index in [1.807, 2.05) is 12.1 Å². The zero-order valence-corrected chi connectivity index (χ0v) is 24.1. The van der Waals surface area contributed by atoms with Crippen LogP contribution in [-0.4, -0.2) is 60.6 Å². The summed E-state index contributed by atoms with van der Waals surface area (Å²) in [5.41, 5.74) is 8.24. The Morgan fingerprint density at radius 1 is 1.29 bits per heavy atom. The maximum Gasteiger partial charge on any atom is 0.290 e. The van der Waals surface area contributed by atoms with Gasteiger partial charge in [0.15, 0.2) is 5.82 Å². The normalized spacial score (nSPS) is 14.7. The van der Waals surface area contributed by atoms with Crippen LogP contribution in [0.5, 0.6) is 5.19 Å². The number of rotatable bonds is 9. The van der Waals surface area contributed by atoms with Crippen molar-refractivity contribution < 1.29 is 22.9 Å². The molecule has 2 amide bonds. The Labute approximate surface area is 245 Å². The second kappa shape index (κ2) is 11.7. The summed E-state index contributed by atoms with van der Waals surface area (Å²) in [4.78, 5) is 36.6. The van der Waals surface area contributed by atoms with Gasteiger partial charge in [-0.1, -0.05) is 23.5 Å². The van der Waals surface area contributed by atoms with Crippen molar-refractivity contribution in [3.05, 3.63) is 81.9 Å². The van der Waals surface area contributed by atoms with Crippen LogP contribution in [0.2, 0.25) is 0 Å². The second-order valence-corrected chi connectivity index (χ2v) is 13.2. The summed E-state index contributed by atoms with van der Waals surface area (Å²) >= 11 is 1.32. The number of amides is 2. The minimum atomic E-state index is -2.84. The number of primary amides is 1. The first-order chi connectivity index (χ1) is 20.0. The average molecular weight is 608 g/mol. The molecule has 0 aliphatic carbocycles. The molecule has 14 heteroatoms. The molecule has 0 radical (unpaired) electrons. The van der Waals surface area contributed by atoms with Crippen LogP contribution in [-0.2, 0) is 22.9 Å². The number of nitrogens with zero attached hydrogens (tertiary/aromatic N) is 5. The number of nitrogens with two attached hydrogens (primary N) is 1. The summed E-state index contributed by atoms with van der Waals surface area (Å²) in [6, 6.07) is 10.8. The lowest BCUT2D eigenvalue weighted by Crippen LogP contribution is -2.36. The van der Waals surface area contributed by atoms with Crippen LogP contribution in [0.25, 0.3) is 16.6 Å². The number of nitrogens with one attached hydrogen (secondary N) is 1. The van der Waals surface area contributed by atoms with Crippen molar-refractivity contribution in [1.29, 1.82) is 10.0 Å². The van der Waals surface area contributed by atoms with Crippen LogP contribution in [0.15, 0.2) is 48.7 Å². The summed E-state index contributed by atoms with van der Waals surface area (Å²) < 4.78 is 41.3. The number of imidazole rings is 1. The molecule has 3 heterocycles. The third-order valence-electron chi connectivity index (χ3n) is 6.76. The van der Waals surface area contributed by atoms with Crippen molar-refractivity contribution in [2.45, 2.75) is 19.6 Å².